The lowest BCUT2D eigenvalue weighted by molar-refractivity contribution is -0.141. The third-order valence-corrected chi connectivity index (χ3v) is 6.02. The molecule has 7 heteroatoms. The number of alkyl halides is 1. The van der Waals surface area contributed by atoms with E-state index < -0.39 is 24.0 Å². The van der Waals surface area contributed by atoms with Gasteiger partial charge in [0, 0.05) is 18.3 Å². The number of fused-ring (bicyclic) bond motifs is 1. The van der Waals surface area contributed by atoms with Gasteiger partial charge in [0.1, 0.15) is 18.0 Å². The summed E-state index contributed by atoms with van der Waals surface area (Å²) in [5.74, 6) is -0.576. The molecule has 0 bridgehead atoms. The molecule has 168 valence electrons. The molecule has 0 aliphatic carbocycles. The van der Waals surface area contributed by atoms with Crippen molar-refractivity contribution in [2.75, 3.05) is 7.11 Å². The predicted molar refractivity (Wildman–Crippen MR) is 119 cm³/mol. The van der Waals surface area contributed by atoms with Crippen molar-refractivity contribution in [2.24, 2.45) is 10.9 Å². The third-order valence-electron chi connectivity index (χ3n) is 6.02. The zero-order chi connectivity index (χ0) is 22.7. The Kier molecular flexibility index (Phi) is 6.53. The predicted octanol–water partition coefficient (Wildman–Crippen LogP) is 4.80. The summed E-state index contributed by atoms with van der Waals surface area (Å²) < 4.78 is 25.8. The molecule has 1 aromatic heterocycles. The molecule has 2 aliphatic heterocycles. The minimum absolute atomic E-state index is 0.211. The monoisotopic (exact) mass is 438 g/mol. The molecule has 3 heterocycles. The third kappa shape index (κ3) is 4.82. The van der Waals surface area contributed by atoms with Crippen LogP contribution in [0.2, 0.25) is 0 Å². The number of halogens is 1. The number of aliphatic carboxylic acids is 1. The second kappa shape index (κ2) is 9.51. The first kappa shape index (κ1) is 22.0. The number of aryl methyl sites for hydroxylation is 1. The molecule has 2 aromatic rings. The number of carboxylic acids is 1. The van der Waals surface area contributed by atoms with Crippen molar-refractivity contribution < 1.29 is 23.8 Å². The summed E-state index contributed by atoms with van der Waals surface area (Å²) in [5.41, 5.74) is 3.61. The van der Waals surface area contributed by atoms with Crippen LogP contribution in [0.1, 0.15) is 54.2 Å². The number of allylic oxidation sites excluding steroid dienone is 1. The van der Waals surface area contributed by atoms with Gasteiger partial charge in [0.05, 0.1) is 18.7 Å². The van der Waals surface area contributed by atoms with E-state index in [9.17, 15) is 14.3 Å². The minimum Gasteiger partial charge on any atom is -0.484 e. The van der Waals surface area contributed by atoms with Crippen molar-refractivity contribution in [1.82, 2.24) is 4.98 Å². The Morgan fingerprint density at radius 1 is 1.34 bits per heavy atom. The molecule has 1 N–H and O–H groups in total. The first-order chi connectivity index (χ1) is 15.4. The van der Waals surface area contributed by atoms with Crippen molar-refractivity contribution >= 4 is 12.2 Å². The molecule has 4 rings (SSSR count). The summed E-state index contributed by atoms with van der Waals surface area (Å²) in [6, 6.07) is 9.73. The number of ether oxygens (including phenoxy) is 2. The van der Waals surface area contributed by atoms with Crippen molar-refractivity contribution in [3.05, 3.63) is 70.9 Å². The average Bonchev–Trinajstić information content (AvgIpc) is 3.01. The molecule has 0 spiro atoms. The van der Waals surface area contributed by atoms with E-state index in [4.69, 9.17) is 9.47 Å². The maximum atomic E-state index is 14.4. The van der Waals surface area contributed by atoms with Crippen LogP contribution < -0.4 is 4.74 Å². The van der Waals surface area contributed by atoms with Crippen LogP contribution in [0.4, 0.5) is 4.39 Å². The SMILES string of the molecule is COC1=CC(c2ccc(C3CCCc4ccc(CC(C)C(=O)O)cc4O3)nc2)C(F)C=N1. The van der Waals surface area contributed by atoms with Gasteiger partial charge in [0.15, 0.2) is 0 Å². The van der Waals surface area contributed by atoms with E-state index in [0.717, 1.165) is 47.4 Å². The molecule has 4 unspecified atom stereocenters. The van der Waals surface area contributed by atoms with E-state index in [1.165, 1.54) is 13.3 Å². The van der Waals surface area contributed by atoms with E-state index >= 15 is 0 Å². The molecule has 0 saturated heterocycles. The number of hydrogen-bond acceptors (Lipinski definition) is 5. The van der Waals surface area contributed by atoms with Crippen LogP contribution in [-0.2, 0) is 22.4 Å². The number of carboxylic acid groups (broad SMARTS) is 1. The number of carbonyl (C=O) groups is 1. The van der Waals surface area contributed by atoms with Crippen LogP contribution >= 0.6 is 0 Å². The van der Waals surface area contributed by atoms with E-state index in [1.807, 2.05) is 30.3 Å². The highest BCUT2D eigenvalue weighted by Crippen LogP contribution is 2.35. The Morgan fingerprint density at radius 2 is 2.19 bits per heavy atom. The van der Waals surface area contributed by atoms with Crippen LogP contribution in [0.3, 0.4) is 0 Å². The number of methoxy groups -OCH3 is 1. The fraction of sp³-hybridized carbons (Fsp3) is 0.400. The van der Waals surface area contributed by atoms with Gasteiger partial charge in [-0.05, 0) is 60.6 Å². The number of rotatable bonds is 6. The quantitative estimate of drug-likeness (QED) is 0.701. The number of nitrogens with zero attached hydrogens (tertiary/aromatic N) is 2. The summed E-state index contributed by atoms with van der Waals surface area (Å²) in [4.78, 5) is 19.7. The maximum absolute atomic E-state index is 14.4. The van der Waals surface area contributed by atoms with E-state index in [0.29, 0.717) is 12.3 Å². The van der Waals surface area contributed by atoms with Crippen LogP contribution in [0.15, 0.2) is 53.5 Å². The van der Waals surface area contributed by atoms with Gasteiger partial charge >= 0.3 is 5.97 Å². The Balaban J connectivity index is 1.52. The lowest BCUT2D eigenvalue weighted by Crippen LogP contribution is -2.18. The minimum atomic E-state index is -1.23. The second-order valence-electron chi connectivity index (χ2n) is 8.36. The van der Waals surface area contributed by atoms with E-state index in [1.54, 1.807) is 19.2 Å². The van der Waals surface area contributed by atoms with Gasteiger partial charge in [-0.2, -0.15) is 0 Å². The van der Waals surface area contributed by atoms with Crippen molar-refractivity contribution in [1.29, 1.82) is 0 Å². The Labute approximate surface area is 186 Å². The normalized spacial score (nSPS) is 23.3. The molecule has 4 atom stereocenters. The van der Waals surface area contributed by atoms with Gasteiger partial charge in [-0.15, -0.1) is 0 Å². The molecular formula is C25H27FN2O4. The summed E-state index contributed by atoms with van der Waals surface area (Å²) in [6.07, 6.45) is 6.30. The molecule has 2 aliphatic rings. The van der Waals surface area contributed by atoms with Crippen molar-refractivity contribution in [2.45, 2.75) is 50.8 Å². The number of aliphatic imine (C=N–C) groups is 1. The Morgan fingerprint density at radius 3 is 2.91 bits per heavy atom. The first-order valence-electron chi connectivity index (χ1n) is 10.9. The molecule has 32 heavy (non-hydrogen) atoms. The van der Waals surface area contributed by atoms with E-state index in [2.05, 4.69) is 9.98 Å². The number of pyridine rings is 1. The first-order valence-corrected chi connectivity index (χ1v) is 10.9. The second-order valence-corrected chi connectivity index (χ2v) is 8.36. The molecule has 0 radical (unpaired) electrons. The standard InChI is InChI=1S/C25H27FN2O4/c1-15(25(29)30)10-16-6-7-17-4-3-5-22(32-23(17)11-16)21-9-8-18(13-27-21)19-12-24(31-2)28-14-20(19)26/h6-9,11-15,19-20,22H,3-5,10H2,1-2H3,(H,29,30). The zero-order valence-corrected chi connectivity index (χ0v) is 18.2. The van der Waals surface area contributed by atoms with Gasteiger partial charge in [-0.3, -0.25) is 9.78 Å². The van der Waals surface area contributed by atoms with Crippen molar-refractivity contribution in [3.63, 3.8) is 0 Å². The summed E-state index contributed by atoms with van der Waals surface area (Å²) >= 11 is 0. The highest BCUT2D eigenvalue weighted by atomic mass is 19.1. The van der Waals surface area contributed by atoms with Gasteiger partial charge in [-0.25, -0.2) is 9.38 Å². The number of hydrogen-bond donors (Lipinski definition) is 1. The Bertz CT molecular complexity index is 1030. The zero-order valence-electron chi connectivity index (χ0n) is 18.2. The molecule has 0 amide bonds. The smallest absolute Gasteiger partial charge is 0.306 e. The molecule has 1 aromatic carbocycles. The number of benzene rings is 1. The van der Waals surface area contributed by atoms with Gasteiger partial charge in [0.25, 0.3) is 0 Å². The fourth-order valence-corrected chi connectivity index (χ4v) is 4.11. The van der Waals surface area contributed by atoms with Crippen LogP contribution in [0, 0.1) is 5.92 Å². The Hall–Kier alpha value is -3.22. The average molecular weight is 438 g/mol. The molecular weight excluding hydrogens is 411 g/mol. The topological polar surface area (TPSA) is 81.0 Å². The molecule has 6 nitrogen and oxygen atoms in total. The highest BCUT2D eigenvalue weighted by molar-refractivity contribution is 5.70. The van der Waals surface area contributed by atoms with Crippen LogP contribution in [-0.4, -0.2) is 35.6 Å². The summed E-state index contributed by atoms with van der Waals surface area (Å²) in [6.45, 7) is 1.70. The summed E-state index contributed by atoms with van der Waals surface area (Å²) in [7, 11) is 1.51. The van der Waals surface area contributed by atoms with Gasteiger partial charge in [-0.1, -0.05) is 25.1 Å². The highest BCUT2D eigenvalue weighted by Gasteiger charge is 2.26. The van der Waals surface area contributed by atoms with Gasteiger partial charge < -0.3 is 14.6 Å². The molecule has 0 fully saturated rings. The van der Waals surface area contributed by atoms with E-state index in [-0.39, 0.29) is 6.10 Å². The summed E-state index contributed by atoms with van der Waals surface area (Å²) in [5, 5.41) is 9.20. The molecule has 0 saturated carbocycles. The maximum Gasteiger partial charge on any atom is 0.306 e. The van der Waals surface area contributed by atoms with Gasteiger partial charge in [0.2, 0.25) is 5.88 Å². The lowest BCUT2D eigenvalue weighted by atomic mass is 9.94. The van der Waals surface area contributed by atoms with Crippen LogP contribution in [0.25, 0.3) is 0 Å². The lowest BCUT2D eigenvalue weighted by Gasteiger charge is -2.21. The van der Waals surface area contributed by atoms with Crippen molar-refractivity contribution in [3.8, 4) is 5.75 Å². The fourth-order valence-electron chi connectivity index (χ4n) is 4.11. The number of aromatic nitrogens is 1. The van der Waals surface area contributed by atoms with Crippen LogP contribution in [0.5, 0.6) is 5.75 Å². The largest absolute Gasteiger partial charge is 0.484 e.